The van der Waals surface area contributed by atoms with Gasteiger partial charge in [0.15, 0.2) is 6.35 Å². The van der Waals surface area contributed by atoms with E-state index in [4.69, 9.17) is 0 Å². The molecule has 2 aliphatic heterocycles. The fourth-order valence-electron chi connectivity index (χ4n) is 3.92. The van der Waals surface area contributed by atoms with Crippen LogP contribution >= 0.6 is 0 Å². The highest BCUT2D eigenvalue weighted by Crippen LogP contribution is 2.50. The van der Waals surface area contributed by atoms with Crippen LogP contribution in [0.5, 0.6) is 0 Å². The van der Waals surface area contributed by atoms with Gasteiger partial charge in [0.05, 0.1) is 0 Å². The zero-order valence-electron chi connectivity index (χ0n) is 12.2. The molecule has 4 rings (SSSR count). The Hall–Kier alpha value is -1.59. The minimum Gasteiger partial charge on any atom is -0.371 e. The molecule has 5 nitrogen and oxygen atoms in total. The Kier molecular flexibility index (Phi) is 2.94. The number of piperidine rings is 1. The van der Waals surface area contributed by atoms with E-state index in [0.717, 1.165) is 13.1 Å². The molecule has 3 fully saturated rings. The van der Waals surface area contributed by atoms with Crippen molar-refractivity contribution < 1.29 is 9.90 Å². The molecule has 2 saturated heterocycles. The Morgan fingerprint density at radius 3 is 2.48 bits per heavy atom. The fourth-order valence-corrected chi connectivity index (χ4v) is 3.92. The summed E-state index contributed by atoms with van der Waals surface area (Å²) in [6, 6.07) is 9.11. The molecule has 0 spiro atoms. The van der Waals surface area contributed by atoms with Crippen LogP contribution in [0.25, 0.3) is 0 Å². The van der Waals surface area contributed by atoms with Gasteiger partial charge in [-0.15, -0.1) is 0 Å². The van der Waals surface area contributed by atoms with Crippen LogP contribution in [-0.2, 0) is 4.79 Å². The molecule has 1 aromatic carbocycles. The highest BCUT2D eigenvalue weighted by molar-refractivity contribution is 5.77. The van der Waals surface area contributed by atoms with Gasteiger partial charge in [-0.05, 0) is 30.9 Å². The molecule has 1 aromatic rings. The summed E-state index contributed by atoms with van der Waals surface area (Å²) in [6.07, 6.45) is -0.302. The lowest BCUT2D eigenvalue weighted by Gasteiger charge is -2.34. The summed E-state index contributed by atoms with van der Waals surface area (Å²) in [6.45, 7) is 4.88. The molecule has 0 radical (unpaired) electrons. The normalized spacial score (nSPS) is 35.5. The number of aliphatic hydroxyl groups excluding tert-OH is 1. The van der Waals surface area contributed by atoms with E-state index in [-0.39, 0.29) is 5.91 Å². The number of nitrogens with one attached hydrogen (secondary N) is 1. The van der Waals surface area contributed by atoms with E-state index in [1.807, 2.05) is 0 Å². The number of carbonyl (C=O) groups is 1. The smallest absolute Gasteiger partial charge is 0.224 e. The van der Waals surface area contributed by atoms with Crippen molar-refractivity contribution in [1.82, 2.24) is 10.2 Å². The van der Waals surface area contributed by atoms with Gasteiger partial charge in [-0.3, -0.25) is 9.69 Å². The monoisotopic (exact) mass is 287 g/mol. The third-order valence-corrected chi connectivity index (χ3v) is 5.13. The first-order chi connectivity index (χ1) is 10.1. The van der Waals surface area contributed by atoms with Crippen molar-refractivity contribution in [2.75, 3.05) is 24.5 Å². The first kappa shape index (κ1) is 13.1. The highest BCUT2D eigenvalue weighted by Gasteiger charge is 2.59. The van der Waals surface area contributed by atoms with Gasteiger partial charge < -0.3 is 15.3 Å². The molecule has 0 bridgehead atoms. The van der Waals surface area contributed by atoms with E-state index < -0.39 is 6.35 Å². The molecule has 1 aliphatic carbocycles. The Morgan fingerprint density at radius 1 is 1.19 bits per heavy atom. The summed E-state index contributed by atoms with van der Waals surface area (Å²) < 4.78 is 0. The number of hydrogen-bond donors (Lipinski definition) is 2. The molecule has 112 valence electrons. The minimum atomic E-state index is -0.797. The second kappa shape index (κ2) is 4.71. The van der Waals surface area contributed by atoms with Gasteiger partial charge >= 0.3 is 0 Å². The Bertz CT molecular complexity index is 547. The van der Waals surface area contributed by atoms with E-state index in [2.05, 4.69) is 46.3 Å². The van der Waals surface area contributed by atoms with E-state index >= 15 is 0 Å². The van der Waals surface area contributed by atoms with E-state index in [1.54, 1.807) is 0 Å². The van der Waals surface area contributed by atoms with Crippen LogP contribution in [0.4, 0.5) is 5.69 Å². The van der Waals surface area contributed by atoms with Crippen molar-refractivity contribution in [2.45, 2.75) is 25.7 Å². The van der Waals surface area contributed by atoms with Gasteiger partial charge in [0.25, 0.3) is 0 Å². The molecular formula is C16H21N3O2. The quantitative estimate of drug-likeness (QED) is 0.833. The third kappa shape index (κ3) is 2.21. The van der Waals surface area contributed by atoms with Gasteiger partial charge in [-0.2, -0.15) is 0 Å². The van der Waals surface area contributed by atoms with Crippen molar-refractivity contribution in [1.29, 1.82) is 0 Å². The van der Waals surface area contributed by atoms with Crippen molar-refractivity contribution in [3.8, 4) is 0 Å². The van der Waals surface area contributed by atoms with Crippen molar-refractivity contribution >= 4 is 11.6 Å². The lowest BCUT2D eigenvalue weighted by Crippen LogP contribution is -2.56. The molecule has 3 unspecified atom stereocenters. The van der Waals surface area contributed by atoms with E-state index in [1.165, 1.54) is 11.3 Å². The second-order valence-electron chi connectivity index (χ2n) is 6.49. The average molecular weight is 287 g/mol. The molecule has 0 aromatic heterocycles. The maximum Gasteiger partial charge on any atom is 0.224 e. The SMILES string of the molecule is Cc1ccc(N2CC3C(C2)C3N2CCC(=O)NC2O)cc1. The Labute approximate surface area is 124 Å². The van der Waals surface area contributed by atoms with Gasteiger partial charge in [-0.25, -0.2) is 0 Å². The largest absolute Gasteiger partial charge is 0.371 e. The van der Waals surface area contributed by atoms with Crippen LogP contribution in [0, 0.1) is 18.8 Å². The number of aryl methyl sites for hydroxylation is 1. The Morgan fingerprint density at radius 2 is 1.86 bits per heavy atom. The van der Waals surface area contributed by atoms with Crippen LogP contribution in [0.2, 0.25) is 0 Å². The summed E-state index contributed by atoms with van der Waals surface area (Å²) in [7, 11) is 0. The molecule has 2 N–H and O–H groups in total. The number of fused-ring (bicyclic) bond motifs is 1. The lowest BCUT2D eigenvalue weighted by atomic mass is 10.2. The number of hydrogen-bond acceptors (Lipinski definition) is 4. The molecule has 5 heteroatoms. The summed E-state index contributed by atoms with van der Waals surface area (Å²) >= 11 is 0. The molecular weight excluding hydrogens is 266 g/mol. The first-order valence-electron chi connectivity index (χ1n) is 7.68. The molecule has 3 atom stereocenters. The first-order valence-corrected chi connectivity index (χ1v) is 7.68. The van der Waals surface area contributed by atoms with Crippen molar-refractivity contribution in [3.05, 3.63) is 29.8 Å². The number of nitrogens with zero attached hydrogens (tertiary/aromatic N) is 2. The maximum atomic E-state index is 11.3. The van der Waals surface area contributed by atoms with Crippen molar-refractivity contribution in [3.63, 3.8) is 0 Å². The predicted molar refractivity (Wildman–Crippen MR) is 79.6 cm³/mol. The van der Waals surface area contributed by atoms with Crippen LogP contribution in [-0.4, -0.2) is 47.9 Å². The van der Waals surface area contributed by atoms with Crippen LogP contribution in [0.1, 0.15) is 12.0 Å². The zero-order valence-corrected chi connectivity index (χ0v) is 12.2. The minimum absolute atomic E-state index is 0.0501. The van der Waals surface area contributed by atoms with Crippen LogP contribution in [0.3, 0.4) is 0 Å². The number of rotatable bonds is 2. The van der Waals surface area contributed by atoms with Crippen LogP contribution in [0.15, 0.2) is 24.3 Å². The summed E-state index contributed by atoms with van der Waals surface area (Å²) in [5.74, 6) is 1.19. The fraction of sp³-hybridized carbons (Fsp3) is 0.562. The summed E-state index contributed by atoms with van der Waals surface area (Å²) in [5, 5.41) is 12.6. The lowest BCUT2D eigenvalue weighted by molar-refractivity contribution is -0.137. The molecule has 21 heavy (non-hydrogen) atoms. The number of anilines is 1. The molecule has 2 heterocycles. The molecule has 1 saturated carbocycles. The topological polar surface area (TPSA) is 55.8 Å². The van der Waals surface area contributed by atoms with E-state index in [0.29, 0.717) is 30.8 Å². The summed E-state index contributed by atoms with van der Waals surface area (Å²) in [4.78, 5) is 15.8. The zero-order chi connectivity index (χ0) is 14.6. The van der Waals surface area contributed by atoms with Crippen LogP contribution < -0.4 is 10.2 Å². The van der Waals surface area contributed by atoms with E-state index in [9.17, 15) is 9.90 Å². The average Bonchev–Trinajstić information content (AvgIpc) is 2.93. The Balaban J connectivity index is 1.39. The van der Waals surface area contributed by atoms with Gasteiger partial charge in [0.2, 0.25) is 5.91 Å². The number of carbonyl (C=O) groups excluding carboxylic acids is 1. The number of benzene rings is 1. The number of amides is 1. The maximum absolute atomic E-state index is 11.3. The summed E-state index contributed by atoms with van der Waals surface area (Å²) in [5.41, 5.74) is 2.58. The van der Waals surface area contributed by atoms with Gasteiger partial charge in [0, 0.05) is 37.8 Å². The predicted octanol–water partition coefficient (Wildman–Crippen LogP) is 0.527. The second-order valence-corrected chi connectivity index (χ2v) is 6.49. The number of aliphatic hydroxyl groups is 1. The van der Waals surface area contributed by atoms with Gasteiger partial charge in [-0.1, -0.05) is 17.7 Å². The van der Waals surface area contributed by atoms with Crippen molar-refractivity contribution in [2.24, 2.45) is 11.8 Å². The third-order valence-electron chi connectivity index (χ3n) is 5.13. The molecule has 1 amide bonds. The standard InChI is InChI=1S/C16H21N3O2/c1-10-2-4-11(5-3-10)18-8-12-13(9-18)15(12)19-7-6-14(20)17-16(19)21/h2-5,12-13,15-16,21H,6-9H2,1H3,(H,17,20). The highest BCUT2D eigenvalue weighted by atomic mass is 16.3. The van der Waals surface area contributed by atoms with Gasteiger partial charge in [0.1, 0.15) is 0 Å². The molecule has 3 aliphatic rings.